The van der Waals surface area contributed by atoms with Crippen LogP contribution in [0.2, 0.25) is 0 Å². The SMILES string of the molecule is CCCCCCCCCCCCCCCCCCCCCCCCCCCC(=O)OC(C)c1ccc(OCc2ccccc2)cc1. The van der Waals surface area contributed by atoms with E-state index in [0.717, 1.165) is 29.7 Å². The second-order valence-electron chi connectivity index (χ2n) is 13.7. The molecule has 0 aliphatic heterocycles. The number of esters is 1. The quantitative estimate of drug-likeness (QED) is 0.0611. The maximum atomic E-state index is 12.3. The van der Waals surface area contributed by atoms with E-state index < -0.39 is 0 Å². The van der Waals surface area contributed by atoms with E-state index >= 15 is 0 Å². The second kappa shape index (κ2) is 28.9. The van der Waals surface area contributed by atoms with Gasteiger partial charge in [0, 0.05) is 6.42 Å². The highest BCUT2D eigenvalue weighted by Crippen LogP contribution is 2.22. The normalized spacial score (nSPS) is 11.9. The Hall–Kier alpha value is -2.29. The molecule has 0 bridgehead atoms. The molecule has 0 saturated carbocycles. The fourth-order valence-corrected chi connectivity index (χ4v) is 6.31. The third-order valence-corrected chi connectivity index (χ3v) is 9.39. The molecular formula is C43H70O3. The zero-order valence-electron chi connectivity index (χ0n) is 30.1. The summed E-state index contributed by atoms with van der Waals surface area (Å²) in [7, 11) is 0. The van der Waals surface area contributed by atoms with Crippen LogP contribution in [-0.2, 0) is 16.1 Å². The Bertz CT molecular complexity index is 938. The molecule has 0 aromatic heterocycles. The summed E-state index contributed by atoms with van der Waals surface area (Å²) in [6.45, 7) is 4.79. The Morgan fingerprint density at radius 3 is 1.33 bits per heavy atom. The molecule has 3 heteroatoms. The fraction of sp³-hybridized carbons (Fsp3) is 0.698. The number of benzene rings is 2. The largest absolute Gasteiger partial charge is 0.489 e. The summed E-state index contributed by atoms with van der Waals surface area (Å²) in [5, 5.41) is 0. The van der Waals surface area contributed by atoms with E-state index in [2.05, 4.69) is 19.1 Å². The standard InChI is InChI=1S/C43H70O3/c1-3-4-5-6-7-8-9-10-11-12-13-14-15-16-17-18-19-20-21-22-23-24-25-26-30-33-43(44)46-39(2)41-34-36-42(37-35-41)45-38-40-31-28-27-29-32-40/h27-29,31-32,34-37,39H,3-26,30,33,38H2,1-2H3. The molecule has 0 spiro atoms. The molecule has 46 heavy (non-hydrogen) atoms. The van der Waals surface area contributed by atoms with Crippen LogP contribution in [0.5, 0.6) is 5.75 Å². The van der Waals surface area contributed by atoms with Gasteiger partial charge in [0.25, 0.3) is 0 Å². The zero-order chi connectivity index (χ0) is 32.8. The van der Waals surface area contributed by atoms with Crippen LogP contribution in [0.4, 0.5) is 0 Å². The third-order valence-electron chi connectivity index (χ3n) is 9.39. The van der Waals surface area contributed by atoms with Crippen molar-refractivity contribution >= 4 is 5.97 Å². The van der Waals surface area contributed by atoms with E-state index in [-0.39, 0.29) is 12.1 Å². The van der Waals surface area contributed by atoms with Gasteiger partial charge in [-0.2, -0.15) is 0 Å². The van der Waals surface area contributed by atoms with Crippen molar-refractivity contribution in [2.45, 2.75) is 193 Å². The van der Waals surface area contributed by atoms with E-state index in [9.17, 15) is 4.79 Å². The molecule has 3 nitrogen and oxygen atoms in total. The van der Waals surface area contributed by atoms with E-state index in [0.29, 0.717) is 13.0 Å². The lowest BCUT2D eigenvalue weighted by molar-refractivity contribution is -0.148. The van der Waals surface area contributed by atoms with Gasteiger partial charge in [0.1, 0.15) is 18.5 Å². The molecule has 0 radical (unpaired) electrons. The van der Waals surface area contributed by atoms with Gasteiger partial charge in [-0.15, -0.1) is 0 Å². The topological polar surface area (TPSA) is 35.5 Å². The van der Waals surface area contributed by atoms with Crippen LogP contribution < -0.4 is 4.74 Å². The molecule has 0 heterocycles. The second-order valence-corrected chi connectivity index (χ2v) is 13.7. The number of rotatable bonds is 31. The van der Waals surface area contributed by atoms with Gasteiger partial charge in [0.2, 0.25) is 0 Å². The Labute approximate surface area is 284 Å². The van der Waals surface area contributed by atoms with E-state index in [4.69, 9.17) is 9.47 Å². The molecule has 0 aliphatic carbocycles. The number of ether oxygens (including phenoxy) is 2. The van der Waals surface area contributed by atoms with Gasteiger partial charge in [-0.1, -0.05) is 203 Å². The van der Waals surface area contributed by atoms with Gasteiger partial charge >= 0.3 is 5.97 Å². The highest BCUT2D eigenvalue weighted by atomic mass is 16.5. The van der Waals surface area contributed by atoms with Gasteiger partial charge < -0.3 is 9.47 Å². The summed E-state index contributed by atoms with van der Waals surface area (Å²) >= 11 is 0. The third kappa shape index (κ3) is 22.3. The van der Waals surface area contributed by atoms with Crippen LogP contribution in [0.25, 0.3) is 0 Å². The predicted molar refractivity (Wildman–Crippen MR) is 197 cm³/mol. The van der Waals surface area contributed by atoms with Gasteiger partial charge in [0.05, 0.1) is 0 Å². The first kappa shape index (κ1) is 39.9. The Morgan fingerprint density at radius 2 is 0.913 bits per heavy atom. The number of unbranched alkanes of at least 4 members (excludes halogenated alkanes) is 24. The van der Waals surface area contributed by atoms with E-state index in [1.807, 2.05) is 49.4 Å². The number of carbonyl (C=O) groups is 1. The summed E-state index contributed by atoms with van der Waals surface area (Å²) in [4.78, 5) is 12.3. The molecule has 0 aliphatic rings. The van der Waals surface area contributed by atoms with Crippen molar-refractivity contribution in [3.8, 4) is 5.75 Å². The van der Waals surface area contributed by atoms with Crippen LogP contribution >= 0.6 is 0 Å². The van der Waals surface area contributed by atoms with Crippen LogP contribution in [0.1, 0.15) is 198 Å². The van der Waals surface area contributed by atoms with Gasteiger partial charge in [-0.25, -0.2) is 0 Å². The summed E-state index contributed by atoms with van der Waals surface area (Å²) in [6, 6.07) is 18.0. The molecule has 0 amide bonds. The fourth-order valence-electron chi connectivity index (χ4n) is 6.31. The highest BCUT2D eigenvalue weighted by molar-refractivity contribution is 5.69. The van der Waals surface area contributed by atoms with Crippen molar-refractivity contribution in [2.75, 3.05) is 0 Å². The number of hydrogen-bond acceptors (Lipinski definition) is 3. The lowest BCUT2D eigenvalue weighted by atomic mass is 10.0. The van der Waals surface area contributed by atoms with Crippen molar-refractivity contribution in [3.63, 3.8) is 0 Å². The van der Waals surface area contributed by atoms with E-state index in [1.54, 1.807) is 0 Å². The number of carbonyl (C=O) groups excluding carboxylic acids is 1. The highest BCUT2D eigenvalue weighted by Gasteiger charge is 2.12. The average Bonchev–Trinajstić information content (AvgIpc) is 3.08. The molecule has 1 atom stereocenters. The summed E-state index contributed by atoms with van der Waals surface area (Å²) in [6.07, 6.45) is 35.0. The molecule has 0 saturated heterocycles. The van der Waals surface area contributed by atoms with Crippen molar-refractivity contribution in [2.24, 2.45) is 0 Å². The van der Waals surface area contributed by atoms with Crippen LogP contribution in [0, 0.1) is 0 Å². The molecule has 0 fully saturated rings. The minimum Gasteiger partial charge on any atom is -0.489 e. The first-order chi connectivity index (χ1) is 22.7. The minimum absolute atomic E-state index is 0.0917. The molecule has 2 rings (SSSR count). The zero-order valence-corrected chi connectivity index (χ0v) is 30.1. The lowest BCUT2D eigenvalue weighted by Gasteiger charge is -2.14. The monoisotopic (exact) mass is 635 g/mol. The van der Waals surface area contributed by atoms with Crippen molar-refractivity contribution in [1.29, 1.82) is 0 Å². The molecule has 2 aromatic rings. The average molecular weight is 635 g/mol. The molecule has 1 unspecified atom stereocenters. The van der Waals surface area contributed by atoms with Crippen LogP contribution in [-0.4, -0.2) is 5.97 Å². The first-order valence-corrected chi connectivity index (χ1v) is 19.6. The van der Waals surface area contributed by atoms with Crippen LogP contribution in [0.3, 0.4) is 0 Å². The van der Waals surface area contributed by atoms with Crippen molar-refractivity contribution in [1.82, 2.24) is 0 Å². The molecule has 0 N–H and O–H groups in total. The lowest BCUT2D eigenvalue weighted by Crippen LogP contribution is -2.08. The van der Waals surface area contributed by atoms with Crippen LogP contribution in [0.15, 0.2) is 54.6 Å². The molecule has 2 aromatic carbocycles. The molecular weight excluding hydrogens is 564 g/mol. The number of hydrogen-bond donors (Lipinski definition) is 0. The van der Waals surface area contributed by atoms with Gasteiger partial charge in [-0.05, 0) is 36.6 Å². The summed E-state index contributed by atoms with van der Waals surface area (Å²) < 4.78 is 11.5. The summed E-state index contributed by atoms with van der Waals surface area (Å²) in [5.74, 6) is 0.729. The Morgan fingerprint density at radius 1 is 0.522 bits per heavy atom. The minimum atomic E-state index is -0.241. The predicted octanol–water partition coefficient (Wildman–Crippen LogP) is 14.0. The van der Waals surface area contributed by atoms with Crippen molar-refractivity contribution < 1.29 is 14.3 Å². The van der Waals surface area contributed by atoms with E-state index in [1.165, 1.54) is 148 Å². The molecule has 260 valence electrons. The Kier molecular flexibility index (Phi) is 25.1. The summed E-state index contributed by atoms with van der Waals surface area (Å²) in [5.41, 5.74) is 2.14. The smallest absolute Gasteiger partial charge is 0.306 e. The maximum absolute atomic E-state index is 12.3. The van der Waals surface area contributed by atoms with Crippen molar-refractivity contribution in [3.05, 3.63) is 65.7 Å². The maximum Gasteiger partial charge on any atom is 0.306 e. The first-order valence-electron chi connectivity index (χ1n) is 19.6. The Balaban J connectivity index is 1.29. The van der Waals surface area contributed by atoms with Gasteiger partial charge in [-0.3, -0.25) is 4.79 Å². The van der Waals surface area contributed by atoms with Gasteiger partial charge in [0.15, 0.2) is 0 Å².